The van der Waals surface area contributed by atoms with Crippen LogP contribution < -0.4 is 0 Å². The van der Waals surface area contributed by atoms with Crippen LogP contribution in [-0.2, 0) is 14.6 Å². The van der Waals surface area contributed by atoms with Crippen molar-refractivity contribution in [2.45, 2.75) is 12.5 Å². The predicted octanol–water partition coefficient (Wildman–Crippen LogP) is -2.08. The average Bonchev–Trinajstić information content (AvgIpc) is 2.69. The summed E-state index contributed by atoms with van der Waals surface area (Å²) in [5.74, 6) is -0.0365. The van der Waals surface area contributed by atoms with E-state index in [-0.39, 0.29) is 43.2 Å². The molecule has 1 amide bonds. The zero-order valence-corrected chi connectivity index (χ0v) is 12.0. The standard InChI is InChI=1S/C11H22N2O5S/c1-12(10-2-7-19(17,18)9-10)11(16)8-13(3-5-14)4-6-15/h10,14-15H,2-9H2,1H3. The van der Waals surface area contributed by atoms with Crippen molar-refractivity contribution in [2.75, 3.05) is 51.4 Å². The summed E-state index contributed by atoms with van der Waals surface area (Å²) in [6, 6.07) is -0.261. The molecular formula is C11H22N2O5S. The smallest absolute Gasteiger partial charge is 0.236 e. The summed E-state index contributed by atoms with van der Waals surface area (Å²) in [5.41, 5.74) is 0. The minimum absolute atomic E-state index is 0.0231. The number of sulfone groups is 1. The van der Waals surface area contributed by atoms with Crippen LogP contribution in [0.4, 0.5) is 0 Å². The van der Waals surface area contributed by atoms with Gasteiger partial charge >= 0.3 is 0 Å². The number of rotatable bonds is 7. The third-order valence-corrected chi connectivity index (χ3v) is 5.09. The maximum absolute atomic E-state index is 12.0. The second kappa shape index (κ2) is 7.18. The molecule has 112 valence electrons. The number of carbonyl (C=O) groups excluding carboxylic acids is 1. The van der Waals surface area contributed by atoms with Gasteiger partial charge in [0.15, 0.2) is 9.84 Å². The van der Waals surface area contributed by atoms with Crippen molar-refractivity contribution in [1.82, 2.24) is 9.80 Å². The van der Waals surface area contributed by atoms with E-state index in [0.717, 1.165) is 0 Å². The fourth-order valence-electron chi connectivity index (χ4n) is 2.14. The molecule has 0 aromatic rings. The quantitative estimate of drug-likeness (QED) is 0.559. The maximum atomic E-state index is 12.0. The topological polar surface area (TPSA) is 98.2 Å². The molecule has 0 aromatic carbocycles. The molecule has 1 fully saturated rings. The van der Waals surface area contributed by atoms with Gasteiger partial charge in [0, 0.05) is 26.2 Å². The van der Waals surface area contributed by atoms with Gasteiger partial charge in [-0.25, -0.2) is 8.42 Å². The molecule has 0 aromatic heterocycles. The normalized spacial score (nSPS) is 21.8. The van der Waals surface area contributed by atoms with Crippen LogP contribution in [0.5, 0.6) is 0 Å². The molecule has 0 aliphatic carbocycles. The van der Waals surface area contributed by atoms with Crippen LogP contribution in [0.3, 0.4) is 0 Å². The summed E-state index contributed by atoms with van der Waals surface area (Å²) in [7, 11) is -1.41. The van der Waals surface area contributed by atoms with E-state index >= 15 is 0 Å². The van der Waals surface area contributed by atoms with E-state index in [0.29, 0.717) is 19.5 Å². The van der Waals surface area contributed by atoms with Crippen LogP contribution in [0, 0.1) is 0 Å². The van der Waals surface area contributed by atoms with Crippen molar-refractivity contribution in [3.05, 3.63) is 0 Å². The minimum Gasteiger partial charge on any atom is -0.395 e. The highest BCUT2D eigenvalue weighted by atomic mass is 32.2. The number of carbonyl (C=O) groups is 1. The Hall–Kier alpha value is -0.700. The third kappa shape index (κ3) is 5.06. The maximum Gasteiger partial charge on any atom is 0.236 e. The van der Waals surface area contributed by atoms with E-state index in [4.69, 9.17) is 10.2 Å². The lowest BCUT2D eigenvalue weighted by atomic mass is 10.2. The Kier molecular flexibility index (Phi) is 6.18. The Morgan fingerprint density at radius 1 is 1.26 bits per heavy atom. The molecule has 1 atom stereocenters. The Bertz CT molecular complexity index is 392. The molecule has 1 heterocycles. The van der Waals surface area contributed by atoms with Gasteiger partial charge in [0.05, 0.1) is 31.3 Å². The molecule has 1 saturated heterocycles. The first-order valence-electron chi connectivity index (χ1n) is 6.30. The SMILES string of the molecule is CN(C(=O)CN(CCO)CCO)C1CCS(=O)(=O)C1. The minimum atomic E-state index is -3.01. The number of aliphatic hydroxyl groups is 2. The zero-order valence-electron chi connectivity index (χ0n) is 11.2. The van der Waals surface area contributed by atoms with E-state index in [9.17, 15) is 13.2 Å². The highest BCUT2D eigenvalue weighted by molar-refractivity contribution is 7.91. The second-order valence-electron chi connectivity index (χ2n) is 4.78. The molecule has 1 aliphatic heterocycles. The molecule has 0 bridgehead atoms. The van der Waals surface area contributed by atoms with Crippen molar-refractivity contribution in [1.29, 1.82) is 0 Å². The van der Waals surface area contributed by atoms with Gasteiger partial charge in [-0.15, -0.1) is 0 Å². The number of amides is 1. The predicted molar refractivity (Wildman–Crippen MR) is 70.4 cm³/mol. The van der Waals surface area contributed by atoms with E-state index in [1.807, 2.05) is 0 Å². The van der Waals surface area contributed by atoms with E-state index in [2.05, 4.69) is 0 Å². The molecule has 8 heteroatoms. The fraction of sp³-hybridized carbons (Fsp3) is 0.909. The third-order valence-electron chi connectivity index (χ3n) is 3.34. The molecule has 19 heavy (non-hydrogen) atoms. The molecule has 7 nitrogen and oxygen atoms in total. The van der Waals surface area contributed by atoms with E-state index in [1.165, 1.54) is 4.90 Å². The van der Waals surface area contributed by atoms with Gasteiger partial charge in [-0.2, -0.15) is 0 Å². The van der Waals surface area contributed by atoms with Crippen LogP contribution >= 0.6 is 0 Å². The van der Waals surface area contributed by atoms with Gasteiger partial charge in [0.25, 0.3) is 0 Å². The first-order valence-corrected chi connectivity index (χ1v) is 8.12. The van der Waals surface area contributed by atoms with Gasteiger partial charge < -0.3 is 15.1 Å². The van der Waals surface area contributed by atoms with Gasteiger partial charge in [0.1, 0.15) is 0 Å². The monoisotopic (exact) mass is 294 g/mol. The van der Waals surface area contributed by atoms with Gasteiger partial charge in [-0.1, -0.05) is 0 Å². The summed E-state index contributed by atoms with van der Waals surface area (Å²) in [6.07, 6.45) is 0.477. The molecule has 0 radical (unpaired) electrons. The number of hydrogen-bond acceptors (Lipinski definition) is 6. The van der Waals surface area contributed by atoms with Crippen LogP contribution in [0.15, 0.2) is 0 Å². The van der Waals surface area contributed by atoms with Gasteiger partial charge in [-0.3, -0.25) is 9.69 Å². The Labute approximate surface area is 113 Å². The summed E-state index contributed by atoms with van der Waals surface area (Å²) >= 11 is 0. The number of nitrogens with zero attached hydrogens (tertiary/aromatic N) is 2. The molecule has 0 saturated carbocycles. The highest BCUT2D eigenvalue weighted by Gasteiger charge is 2.32. The largest absolute Gasteiger partial charge is 0.395 e. The molecular weight excluding hydrogens is 272 g/mol. The lowest BCUT2D eigenvalue weighted by molar-refractivity contribution is -0.132. The van der Waals surface area contributed by atoms with Crippen LogP contribution in [0.1, 0.15) is 6.42 Å². The first kappa shape index (κ1) is 16.4. The van der Waals surface area contributed by atoms with Crippen LogP contribution in [0.25, 0.3) is 0 Å². The first-order chi connectivity index (χ1) is 8.89. The van der Waals surface area contributed by atoms with Crippen molar-refractivity contribution in [3.63, 3.8) is 0 Å². The summed E-state index contributed by atoms with van der Waals surface area (Å²) in [6.45, 7) is 0.518. The summed E-state index contributed by atoms with van der Waals surface area (Å²) in [4.78, 5) is 15.1. The zero-order chi connectivity index (χ0) is 14.5. The number of aliphatic hydroxyl groups excluding tert-OH is 2. The van der Waals surface area contributed by atoms with Gasteiger partial charge in [-0.05, 0) is 6.42 Å². The molecule has 2 N–H and O–H groups in total. The lowest BCUT2D eigenvalue weighted by Crippen LogP contribution is -2.45. The molecule has 1 unspecified atom stereocenters. The van der Waals surface area contributed by atoms with Crippen LogP contribution in [0.2, 0.25) is 0 Å². The van der Waals surface area contributed by atoms with Gasteiger partial charge in [0.2, 0.25) is 5.91 Å². The van der Waals surface area contributed by atoms with Crippen molar-refractivity contribution in [2.24, 2.45) is 0 Å². The van der Waals surface area contributed by atoms with Crippen molar-refractivity contribution < 1.29 is 23.4 Å². The number of likely N-dealkylation sites (N-methyl/N-ethyl adjacent to an activating group) is 1. The van der Waals surface area contributed by atoms with Crippen molar-refractivity contribution in [3.8, 4) is 0 Å². The Balaban J connectivity index is 2.52. The van der Waals surface area contributed by atoms with Crippen molar-refractivity contribution >= 4 is 15.7 Å². The summed E-state index contributed by atoms with van der Waals surface area (Å²) in [5, 5.41) is 17.7. The van der Waals surface area contributed by atoms with Crippen LogP contribution in [-0.4, -0.2) is 91.8 Å². The second-order valence-corrected chi connectivity index (χ2v) is 7.01. The Morgan fingerprint density at radius 2 is 1.84 bits per heavy atom. The van der Waals surface area contributed by atoms with E-state index in [1.54, 1.807) is 11.9 Å². The molecule has 1 rings (SSSR count). The highest BCUT2D eigenvalue weighted by Crippen LogP contribution is 2.16. The molecule has 0 spiro atoms. The average molecular weight is 294 g/mol. The Morgan fingerprint density at radius 3 is 2.26 bits per heavy atom. The number of hydrogen-bond donors (Lipinski definition) is 2. The van der Waals surface area contributed by atoms with E-state index < -0.39 is 9.84 Å². The fourth-order valence-corrected chi connectivity index (χ4v) is 3.91. The lowest BCUT2D eigenvalue weighted by Gasteiger charge is -2.27. The summed E-state index contributed by atoms with van der Waals surface area (Å²) < 4.78 is 22.8. The molecule has 1 aliphatic rings.